The van der Waals surface area contributed by atoms with Crippen LogP contribution in [0.3, 0.4) is 0 Å². The predicted octanol–water partition coefficient (Wildman–Crippen LogP) is 4.66. The average Bonchev–Trinajstić information content (AvgIpc) is 2.46. The van der Waals surface area contributed by atoms with Gasteiger partial charge in [-0.25, -0.2) is 0 Å². The first-order valence-corrected chi connectivity index (χ1v) is 7.31. The van der Waals surface area contributed by atoms with E-state index in [1.165, 1.54) is 5.56 Å². The first-order valence-electron chi connectivity index (χ1n) is 7.31. The standard InChI is InChI=1S/C17H26O2/c1-3-14-18-17(19-15-4-2)13-9-8-12-16-10-6-5-7-11-16/h5-8,10-12,17H,3-4,9,13-15H2,1-2H3. The van der Waals surface area contributed by atoms with Crippen molar-refractivity contribution in [3.05, 3.63) is 42.0 Å². The number of ether oxygens (including phenoxy) is 2. The molecular weight excluding hydrogens is 236 g/mol. The molecule has 2 nitrogen and oxygen atoms in total. The number of allylic oxidation sites excluding steroid dienone is 1. The summed E-state index contributed by atoms with van der Waals surface area (Å²) in [6.45, 7) is 5.78. The third kappa shape index (κ3) is 7.81. The number of benzene rings is 1. The van der Waals surface area contributed by atoms with Crippen molar-refractivity contribution in [3.63, 3.8) is 0 Å². The van der Waals surface area contributed by atoms with E-state index >= 15 is 0 Å². The average molecular weight is 262 g/mol. The van der Waals surface area contributed by atoms with E-state index in [0.717, 1.165) is 38.9 Å². The second-order valence-corrected chi connectivity index (χ2v) is 4.56. The molecule has 0 heterocycles. The van der Waals surface area contributed by atoms with E-state index < -0.39 is 0 Å². The minimum absolute atomic E-state index is 0.0553. The second-order valence-electron chi connectivity index (χ2n) is 4.56. The molecule has 0 saturated carbocycles. The van der Waals surface area contributed by atoms with E-state index in [0.29, 0.717) is 0 Å². The van der Waals surface area contributed by atoms with Crippen molar-refractivity contribution in [1.29, 1.82) is 0 Å². The smallest absolute Gasteiger partial charge is 0.157 e. The number of hydrogen-bond acceptors (Lipinski definition) is 2. The molecule has 0 aliphatic rings. The van der Waals surface area contributed by atoms with Gasteiger partial charge >= 0.3 is 0 Å². The van der Waals surface area contributed by atoms with Crippen molar-refractivity contribution in [2.75, 3.05) is 13.2 Å². The Kier molecular flexibility index (Phi) is 9.03. The Hall–Kier alpha value is -1.12. The Bertz CT molecular complexity index is 324. The van der Waals surface area contributed by atoms with Gasteiger partial charge in [0.2, 0.25) is 0 Å². The molecule has 0 fully saturated rings. The summed E-state index contributed by atoms with van der Waals surface area (Å²) < 4.78 is 11.4. The van der Waals surface area contributed by atoms with Crippen LogP contribution in [0, 0.1) is 0 Å². The maximum Gasteiger partial charge on any atom is 0.157 e. The molecule has 1 aromatic rings. The summed E-state index contributed by atoms with van der Waals surface area (Å²) in [6, 6.07) is 10.4. The minimum atomic E-state index is -0.0553. The summed E-state index contributed by atoms with van der Waals surface area (Å²) in [5, 5.41) is 0. The highest BCUT2D eigenvalue weighted by atomic mass is 16.7. The third-order valence-corrected chi connectivity index (χ3v) is 2.69. The van der Waals surface area contributed by atoms with Crippen molar-refractivity contribution >= 4 is 6.08 Å². The van der Waals surface area contributed by atoms with Crippen LogP contribution in [0.5, 0.6) is 0 Å². The maximum atomic E-state index is 5.69. The van der Waals surface area contributed by atoms with Crippen LogP contribution in [0.2, 0.25) is 0 Å². The molecule has 0 aliphatic heterocycles. The predicted molar refractivity (Wildman–Crippen MR) is 81.0 cm³/mol. The molecule has 106 valence electrons. The fourth-order valence-electron chi connectivity index (χ4n) is 1.73. The minimum Gasteiger partial charge on any atom is -0.353 e. The molecule has 0 bridgehead atoms. The molecule has 2 heteroatoms. The van der Waals surface area contributed by atoms with E-state index in [2.05, 4.69) is 50.3 Å². The SMILES string of the molecule is CCCOC(CCC=Cc1ccccc1)OCCC. The Balaban J connectivity index is 2.28. The van der Waals surface area contributed by atoms with Crippen LogP contribution in [-0.4, -0.2) is 19.5 Å². The Labute approximate surface area is 117 Å². The highest BCUT2D eigenvalue weighted by Crippen LogP contribution is 2.09. The van der Waals surface area contributed by atoms with Gasteiger partial charge in [-0.3, -0.25) is 0 Å². The van der Waals surface area contributed by atoms with Crippen molar-refractivity contribution in [1.82, 2.24) is 0 Å². The number of hydrogen-bond donors (Lipinski definition) is 0. The molecule has 19 heavy (non-hydrogen) atoms. The molecule has 0 spiro atoms. The molecule has 0 radical (unpaired) electrons. The monoisotopic (exact) mass is 262 g/mol. The quantitative estimate of drug-likeness (QED) is 0.571. The van der Waals surface area contributed by atoms with E-state index in [4.69, 9.17) is 9.47 Å². The summed E-state index contributed by atoms with van der Waals surface area (Å²) in [6.07, 6.45) is 8.25. The zero-order chi connectivity index (χ0) is 13.8. The highest BCUT2D eigenvalue weighted by Gasteiger charge is 2.06. The Morgan fingerprint density at radius 2 is 1.63 bits per heavy atom. The van der Waals surface area contributed by atoms with Crippen molar-refractivity contribution in [2.24, 2.45) is 0 Å². The summed E-state index contributed by atoms with van der Waals surface area (Å²) in [5.74, 6) is 0. The Morgan fingerprint density at radius 3 is 2.21 bits per heavy atom. The fourth-order valence-corrected chi connectivity index (χ4v) is 1.73. The van der Waals surface area contributed by atoms with E-state index in [1.807, 2.05) is 6.07 Å². The second kappa shape index (κ2) is 10.8. The van der Waals surface area contributed by atoms with Gasteiger partial charge in [0.25, 0.3) is 0 Å². The fraction of sp³-hybridized carbons (Fsp3) is 0.529. The van der Waals surface area contributed by atoms with Gasteiger partial charge in [0.05, 0.1) is 0 Å². The first kappa shape index (κ1) is 15.9. The van der Waals surface area contributed by atoms with Crippen molar-refractivity contribution in [2.45, 2.75) is 45.8 Å². The molecular formula is C17H26O2. The van der Waals surface area contributed by atoms with Crippen LogP contribution in [0.25, 0.3) is 6.08 Å². The molecule has 0 N–H and O–H groups in total. The van der Waals surface area contributed by atoms with Crippen LogP contribution < -0.4 is 0 Å². The zero-order valence-electron chi connectivity index (χ0n) is 12.2. The summed E-state index contributed by atoms with van der Waals surface area (Å²) in [7, 11) is 0. The maximum absolute atomic E-state index is 5.69. The summed E-state index contributed by atoms with van der Waals surface area (Å²) in [5.41, 5.74) is 1.24. The molecule has 0 saturated heterocycles. The van der Waals surface area contributed by atoms with Crippen LogP contribution in [-0.2, 0) is 9.47 Å². The molecule has 1 rings (SSSR count). The lowest BCUT2D eigenvalue weighted by molar-refractivity contribution is -0.145. The lowest BCUT2D eigenvalue weighted by atomic mass is 10.2. The summed E-state index contributed by atoms with van der Waals surface area (Å²) in [4.78, 5) is 0. The van der Waals surface area contributed by atoms with E-state index in [1.54, 1.807) is 0 Å². The first-order chi connectivity index (χ1) is 9.36. The van der Waals surface area contributed by atoms with Gasteiger partial charge in [-0.2, -0.15) is 0 Å². The van der Waals surface area contributed by atoms with E-state index in [9.17, 15) is 0 Å². The molecule has 1 aromatic carbocycles. The molecule has 0 atom stereocenters. The van der Waals surface area contributed by atoms with Crippen molar-refractivity contribution in [3.8, 4) is 0 Å². The van der Waals surface area contributed by atoms with Crippen LogP contribution in [0.1, 0.15) is 45.1 Å². The zero-order valence-corrected chi connectivity index (χ0v) is 12.2. The largest absolute Gasteiger partial charge is 0.353 e. The normalized spacial score (nSPS) is 11.5. The van der Waals surface area contributed by atoms with Crippen LogP contribution >= 0.6 is 0 Å². The van der Waals surface area contributed by atoms with Gasteiger partial charge in [0.1, 0.15) is 0 Å². The van der Waals surface area contributed by atoms with Crippen LogP contribution in [0.15, 0.2) is 36.4 Å². The van der Waals surface area contributed by atoms with Crippen molar-refractivity contribution < 1.29 is 9.47 Å². The highest BCUT2D eigenvalue weighted by molar-refractivity contribution is 5.48. The van der Waals surface area contributed by atoms with Gasteiger partial charge in [-0.1, -0.05) is 56.3 Å². The van der Waals surface area contributed by atoms with Gasteiger partial charge in [-0.05, 0) is 24.8 Å². The van der Waals surface area contributed by atoms with Gasteiger partial charge in [0, 0.05) is 19.6 Å². The Morgan fingerprint density at radius 1 is 1.00 bits per heavy atom. The molecule has 0 amide bonds. The van der Waals surface area contributed by atoms with Crippen LogP contribution in [0.4, 0.5) is 0 Å². The van der Waals surface area contributed by atoms with Gasteiger partial charge in [-0.15, -0.1) is 0 Å². The number of rotatable bonds is 10. The summed E-state index contributed by atoms with van der Waals surface area (Å²) >= 11 is 0. The molecule has 0 aliphatic carbocycles. The third-order valence-electron chi connectivity index (χ3n) is 2.69. The van der Waals surface area contributed by atoms with E-state index in [-0.39, 0.29) is 6.29 Å². The topological polar surface area (TPSA) is 18.5 Å². The molecule has 0 aromatic heterocycles. The van der Waals surface area contributed by atoms with Gasteiger partial charge < -0.3 is 9.47 Å². The lowest BCUT2D eigenvalue weighted by Crippen LogP contribution is -2.18. The molecule has 0 unspecified atom stereocenters. The lowest BCUT2D eigenvalue weighted by Gasteiger charge is -2.17. The van der Waals surface area contributed by atoms with Gasteiger partial charge in [0.15, 0.2) is 6.29 Å².